The van der Waals surface area contributed by atoms with E-state index in [1.807, 2.05) is 0 Å². The first-order valence-electron chi connectivity index (χ1n) is 5.60. The standard InChI is InChI=1S/C12H11FN4O3/c1-14-12-11(17(18)19)10(15-6-16-12)7-4-3-5-8(20-2)9(7)13/h3-6H,1-2H3,(H,14,15,16). The highest BCUT2D eigenvalue weighted by Crippen LogP contribution is 2.36. The molecule has 0 saturated carbocycles. The summed E-state index contributed by atoms with van der Waals surface area (Å²) in [5.74, 6) is -0.706. The van der Waals surface area contributed by atoms with Crippen molar-refractivity contribution in [2.24, 2.45) is 0 Å². The van der Waals surface area contributed by atoms with Crippen LogP contribution < -0.4 is 10.1 Å². The maximum atomic E-state index is 14.2. The molecule has 0 aliphatic carbocycles. The molecule has 0 saturated heterocycles. The van der Waals surface area contributed by atoms with Gasteiger partial charge in [0.1, 0.15) is 6.33 Å². The number of benzene rings is 1. The summed E-state index contributed by atoms with van der Waals surface area (Å²) in [5.41, 5.74) is -0.511. The molecule has 20 heavy (non-hydrogen) atoms. The van der Waals surface area contributed by atoms with Crippen LogP contribution in [0.5, 0.6) is 5.75 Å². The highest BCUT2D eigenvalue weighted by molar-refractivity contribution is 5.77. The molecule has 2 aromatic rings. The van der Waals surface area contributed by atoms with E-state index in [0.29, 0.717) is 0 Å². The third kappa shape index (κ3) is 2.22. The number of nitrogens with zero attached hydrogens (tertiary/aromatic N) is 3. The van der Waals surface area contributed by atoms with E-state index in [4.69, 9.17) is 4.74 Å². The minimum absolute atomic E-state index is 0.0126. The number of nitrogens with one attached hydrogen (secondary N) is 1. The van der Waals surface area contributed by atoms with E-state index < -0.39 is 10.7 Å². The molecular formula is C12H11FN4O3. The second-order valence-electron chi connectivity index (χ2n) is 3.75. The van der Waals surface area contributed by atoms with E-state index in [-0.39, 0.29) is 28.5 Å². The van der Waals surface area contributed by atoms with Crippen LogP contribution >= 0.6 is 0 Å². The van der Waals surface area contributed by atoms with Gasteiger partial charge in [-0.3, -0.25) is 10.1 Å². The Bertz CT molecular complexity index is 663. The van der Waals surface area contributed by atoms with Crippen LogP contribution in [0.15, 0.2) is 24.5 Å². The fraction of sp³-hybridized carbons (Fsp3) is 0.167. The second-order valence-corrected chi connectivity index (χ2v) is 3.75. The minimum atomic E-state index is -0.709. The zero-order chi connectivity index (χ0) is 14.7. The Hall–Kier alpha value is -2.77. The summed E-state index contributed by atoms with van der Waals surface area (Å²) in [6.07, 6.45) is 1.13. The molecule has 1 aromatic heterocycles. The highest BCUT2D eigenvalue weighted by Gasteiger charge is 2.26. The lowest BCUT2D eigenvalue weighted by Gasteiger charge is -2.08. The molecule has 0 spiro atoms. The molecule has 0 amide bonds. The first-order valence-corrected chi connectivity index (χ1v) is 5.60. The van der Waals surface area contributed by atoms with Crippen molar-refractivity contribution in [1.82, 2.24) is 9.97 Å². The fourth-order valence-electron chi connectivity index (χ4n) is 1.78. The van der Waals surface area contributed by atoms with Crippen LogP contribution in [0.2, 0.25) is 0 Å². The van der Waals surface area contributed by atoms with Gasteiger partial charge >= 0.3 is 5.69 Å². The van der Waals surface area contributed by atoms with Gasteiger partial charge in [-0.1, -0.05) is 6.07 Å². The molecule has 104 valence electrons. The number of nitro groups is 1. The van der Waals surface area contributed by atoms with E-state index in [1.165, 1.54) is 32.4 Å². The number of anilines is 1. The van der Waals surface area contributed by atoms with Crippen molar-refractivity contribution in [3.8, 4) is 17.0 Å². The summed E-state index contributed by atoms with van der Waals surface area (Å²) >= 11 is 0. The minimum Gasteiger partial charge on any atom is -0.494 e. The molecule has 0 aliphatic heterocycles. The Morgan fingerprint density at radius 2 is 2.15 bits per heavy atom. The first kappa shape index (κ1) is 13.7. The summed E-state index contributed by atoms with van der Waals surface area (Å²) in [6.45, 7) is 0. The van der Waals surface area contributed by atoms with Gasteiger partial charge in [-0.05, 0) is 12.1 Å². The van der Waals surface area contributed by atoms with Crippen LogP contribution in [0.3, 0.4) is 0 Å². The maximum absolute atomic E-state index is 14.2. The molecule has 2 rings (SSSR count). The molecule has 0 bridgehead atoms. The van der Waals surface area contributed by atoms with E-state index in [1.54, 1.807) is 0 Å². The van der Waals surface area contributed by atoms with E-state index in [2.05, 4.69) is 15.3 Å². The monoisotopic (exact) mass is 278 g/mol. The smallest absolute Gasteiger partial charge is 0.337 e. The molecular weight excluding hydrogens is 267 g/mol. The number of hydrogen-bond acceptors (Lipinski definition) is 6. The average Bonchev–Trinajstić information content (AvgIpc) is 2.46. The van der Waals surface area contributed by atoms with Gasteiger partial charge in [-0.2, -0.15) is 0 Å². The van der Waals surface area contributed by atoms with Crippen LogP contribution in [-0.2, 0) is 0 Å². The molecule has 0 aliphatic rings. The van der Waals surface area contributed by atoms with Gasteiger partial charge < -0.3 is 10.1 Å². The topological polar surface area (TPSA) is 90.2 Å². The SMILES string of the molecule is CNc1ncnc(-c2cccc(OC)c2F)c1[N+](=O)[O-]. The maximum Gasteiger partial charge on any atom is 0.337 e. The lowest BCUT2D eigenvalue weighted by atomic mass is 10.1. The van der Waals surface area contributed by atoms with Gasteiger partial charge in [0.15, 0.2) is 17.3 Å². The summed E-state index contributed by atoms with van der Waals surface area (Å²) in [4.78, 5) is 18.1. The molecule has 1 heterocycles. The third-order valence-electron chi connectivity index (χ3n) is 2.68. The molecule has 0 atom stereocenters. The Morgan fingerprint density at radius 1 is 1.40 bits per heavy atom. The van der Waals surface area contributed by atoms with E-state index in [0.717, 1.165) is 6.33 Å². The number of rotatable bonds is 4. The van der Waals surface area contributed by atoms with E-state index in [9.17, 15) is 14.5 Å². The summed E-state index contributed by atoms with van der Waals surface area (Å²) in [6, 6.07) is 4.35. The zero-order valence-electron chi connectivity index (χ0n) is 10.8. The van der Waals surface area contributed by atoms with Crippen molar-refractivity contribution in [3.05, 3.63) is 40.5 Å². The van der Waals surface area contributed by atoms with Crippen LogP contribution in [-0.4, -0.2) is 29.0 Å². The Balaban J connectivity index is 2.73. The molecule has 0 fully saturated rings. The quantitative estimate of drug-likeness (QED) is 0.681. The van der Waals surface area contributed by atoms with Gasteiger partial charge in [0.25, 0.3) is 0 Å². The Kier molecular flexibility index (Phi) is 3.74. The number of hydrogen-bond donors (Lipinski definition) is 1. The predicted octanol–water partition coefficient (Wildman–Crippen LogP) is 2.24. The summed E-state index contributed by atoms with van der Waals surface area (Å²) in [5, 5.41) is 13.8. The first-order chi connectivity index (χ1) is 9.60. The molecule has 8 heteroatoms. The van der Waals surface area contributed by atoms with Crippen molar-refractivity contribution >= 4 is 11.5 Å². The lowest BCUT2D eigenvalue weighted by molar-refractivity contribution is -0.383. The van der Waals surface area contributed by atoms with Crippen molar-refractivity contribution in [2.45, 2.75) is 0 Å². The lowest BCUT2D eigenvalue weighted by Crippen LogP contribution is -2.04. The third-order valence-corrected chi connectivity index (χ3v) is 2.68. The molecule has 0 unspecified atom stereocenters. The highest BCUT2D eigenvalue weighted by atomic mass is 19.1. The number of halogens is 1. The van der Waals surface area contributed by atoms with Crippen LogP contribution in [0.1, 0.15) is 0 Å². The van der Waals surface area contributed by atoms with Crippen molar-refractivity contribution in [2.75, 3.05) is 19.5 Å². The predicted molar refractivity (Wildman–Crippen MR) is 70.2 cm³/mol. The van der Waals surface area contributed by atoms with Crippen LogP contribution in [0, 0.1) is 15.9 Å². The second kappa shape index (κ2) is 5.47. The average molecular weight is 278 g/mol. The van der Waals surface area contributed by atoms with E-state index >= 15 is 0 Å². The van der Waals surface area contributed by atoms with Crippen molar-refractivity contribution in [3.63, 3.8) is 0 Å². The van der Waals surface area contributed by atoms with Gasteiger partial charge in [0.2, 0.25) is 5.82 Å². The van der Waals surface area contributed by atoms with Crippen LogP contribution in [0.4, 0.5) is 15.9 Å². The zero-order valence-corrected chi connectivity index (χ0v) is 10.8. The Labute approximate surface area is 113 Å². The van der Waals surface area contributed by atoms with Gasteiger partial charge in [-0.15, -0.1) is 0 Å². The fourth-order valence-corrected chi connectivity index (χ4v) is 1.78. The number of aromatic nitrogens is 2. The van der Waals surface area contributed by atoms with Crippen molar-refractivity contribution in [1.29, 1.82) is 0 Å². The van der Waals surface area contributed by atoms with Gasteiger partial charge in [0, 0.05) is 12.6 Å². The van der Waals surface area contributed by atoms with Gasteiger partial charge in [-0.25, -0.2) is 14.4 Å². The summed E-state index contributed by atoms with van der Waals surface area (Å²) < 4.78 is 19.1. The van der Waals surface area contributed by atoms with Gasteiger partial charge in [0.05, 0.1) is 12.0 Å². The number of methoxy groups -OCH3 is 1. The Morgan fingerprint density at radius 3 is 2.75 bits per heavy atom. The normalized spacial score (nSPS) is 10.2. The number of ether oxygens (including phenoxy) is 1. The molecule has 7 nitrogen and oxygen atoms in total. The molecule has 0 radical (unpaired) electrons. The molecule has 1 N–H and O–H groups in total. The molecule has 1 aromatic carbocycles. The van der Waals surface area contributed by atoms with Crippen molar-refractivity contribution < 1.29 is 14.1 Å². The summed E-state index contributed by atoms with van der Waals surface area (Å²) in [7, 11) is 2.80. The largest absolute Gasteiger partial charge is 0.494 e. The van der Waals surface area contributed by atoms with Crippen LogP contribution in [0.25, 0.3) is 11.3 Å².